The van der Waals surface area contributed by atoms with Crippen LogP contribution in [0.3, 0.4) is 0 Å². The van der Waals surface area contributed by atoms with Crippen molar-refractivity contribution in [2.45, 2.75) is 160 Å². The molecule has 0 radical (unpaired) electrons. The van der Waals surface area contributed by atoms with Gasteiger partial charge in [-0.1, -0.05) is 44.6 Å². The number of rotatable bonds is 7. The molecule has 328 valence electrons. The molecule has 3 aliphatic heterocycles. The number of cyclic esters (lactones) is 1. The lowest BCUT2D eigenvalue weighted by Gasteiger charge is -2.47. The number of methoxy groups -OCH3 is 3. The maximum absolute atomic E-state index is 14.4. The Morgan fingerprint density at radius 3 is 2.29 bits per heavy atom. The Labute approximate surface area is 359 Å². The van der Waals surface area contributed by atoms with Gasteiger partial charge in [0.2, 0.25) is 5.79 Å². The summed E-state index contributed by atoms with van der Waals surface area (Å²) in [6.45, 7) is 13.6. The maximum atomic E-state index is 14.4. The molecule has 0 unspecified atom stereocenters. The minimum Gasteiger partial charge on any atom is -0.456 e. The normalized spacial score (nSPS) is 41.2. The van der Waals surface area contributed by atoms with E-state index in [9.17, 15) is 29.7 Å². The van der Waals surface area contributed by atoms with Crippen molar-refractivity contribution in [3.63, 3.8) is 0 Å². The zero-order valence-electron chi connectivity index (χ0n) is 35.8. The fourth-order valence-electron chi connectivity index (χ4n) is 9.54. The SMILES string of the molecule is C=CC[C@@H]1/C=C(\C)C[C@H](C)C[C@H](OC)[C@H]2O[C@@](O)(C(=O)C(=O)N3CCCC[C@H]3C(=O)O[C@H](/C(C)=C/[C@@H]3CC[C@@H](O)[C@H](OC)C3)[C@H](C)[C@@H](O)C/C1=N/I)[C@H](C)C[C@@H]2OC. The molecule has 1 saturated carbocycles. The summed E-state index contributed by atoms with van der Waals surface area (Å²) in [5.41, 5.74) is 2.61. The maximum Gasteiger partial charge on any atom is 0.329 e. The van der Waals surface area contributed by atoms with Crippen LogP contribution >= 0.6 is 22.9 Å². The lowest BCUT2D eigenvalue weighted by molar-refractivity contribution is -0.302. The first-order valence-electron chi connectivity index (χ1n) is 21.1. The number of ketones is 1. The second-order valence-corrected chi connectivity index (χ2v) is 17.9. The number of nitrogens with zero attached hydrogens (tertiary/aromatic N) is 2. The predicted octanol–water partition coefficient (Wildman–Crippen LogP) is 5.86. The van der Waals surface area contributed by atoms with Crippen LogP contribution in [-0.4, -0.2) is 126 Å². The molecule has 3 N–H and O–H groups in total. The Morgan fingerprint density at radius 2 is 1.66 bits per heavy atom. The molecule has 2 saturated heterocycles. The number of esters is 1. The van der Waals surface area contributed by atoms with Crippen molar-refractivity contribution in [2.75, 3.05) is 27.9 Å². The first-order chi connectivity index (χ1) is 27.5. The summed E-state index contributed by atoms with van der Waals surface area (Å²) in [4.78, 5) is 44.2. The van der Waals surface area contributed by atoms with Crippen LogP contribution in [0.25, 0.3) is 0 Å². The van der Waals surface area contributed by atoms with Crippen LogP contribution in [0.5, 0.6) is 0 Å². The van der Waals surface area contributed by atoms with Crippen LogP contribution in [-0.2, 0) is 38.1 Å². The average Bonchev–Trinajstić information content (AvgIpc) is 3.20. The molecule has 13 nitrogen and oxygen atoms in total. The van der Waals surface area contributed by atoms with Gasteiger partial charge in [-0.05, 0) is 95.5 Å². The van der Waals surface area contributed by atoms with Gasteiger partial charge in [0, 0.05) is 57.8 Å². The smallest absolute Gasteiger partial charge is 0.329 e. The number of carbonyl (C=O) groups is 3. The van der Waals surface area contributed by atoms with E-state index in [1.165, 1.54) is 4.90 Å². The lowest BCUT2D eigenvalue weighted by atomic mass is 9.81. The van der Waals surface area contributed by atoms with Crippen molar-refractivity contribution in [1.82, 2.24) is 4.90 Å². The van der Waals surface area contributed by atoms with Crippen LogP contribution in [0, 0.1) is 29.6 Å². The van der Waals surface area contributed by atoms with Crippen molar-refractivity contribution in [3.05, 3.63) is 36.0 Å². The van der Waals surface area contributed by atoms with E-state index in [2.05, 4.69) is 29.7 Å². The van der Waals surface area contributed by atoms with Crippen molar-refractivity contribution in [1.29, 1.82) is 0 Å². The fourth-order valence-corrected chi connectivity index (χ4v) is 10.1. The number of Topliss-reactive ketones (excluding diaryl/α,β-unsaturated/α-hetero) is 1. The van der Waals surface area contributed by atoms with Gasteiger partial charge in [-0.3, -0.25) is 9.59 Å². The highest BCUT2D eigenvalue weighted by atomic mass is 127. The first kappa shape index (κ1) is 48.6. The lowest BCUT2D eigenvalue weighted by Crippen LogP contribution is -2.64. The molecule has 3 fully saturated rings. The summed E-state index contributed by atoms with van der Waals surface area (Å²) in [5.74, 6) is -6.79. The second kappa shape index (κ2) is 22.2. The third kappa shape index (κ3) is 11.6. The summed E-state index contributed by atoms with van der Waals surface area (Å²) < 4.78 is 34.7. The standard InChI is InChI=1S/C44H69IN2O11/c1-10-13-31-19-25(2)18-26(3)20-37(55-8)40-38(56-9)22-28(5)44(53,58-40)41(50)42(51)47-17-12-11-14-33(47)43(52)57-39(29(6)35(49)24-32(31)46-45)27(4)21-30-15-16-34(48)36(23-30)54-7/h10,19,21,26,28-31,33-40,48-49,53H,1,11-18,20,22-24H2,2-9H3/b25-19+,27-21+,46-32-/t26-,28+,29+,30-,31+,33-,34+,35-,36+,37-,38-,39+,40+,44+/m0/s1. The molecule has 2 bridgehead atoms. The molecule has 4 rings (SSSR count). The Bertz CT molecular complexity index is 1520. The Hall–Kier alpha value is -2.05. The summed E-state index contributed by atoms with van der Waals surface area (Å²) in [6.07, 6.45) is 6.85. The number of halogens is 1. The van der Waals surface area contributed by atoms with Gasteiger partial charge >= 0.3 is 5.97 Å². The van der Waals surface area contributed by atoms with E-state index in [4.69, 9.17) is 23.7 Å². The highest BCUT2D eigenvalue weighted by molar-refractivity contribution is 14.1. The van der Waals surface area contributed by atoms with Gasteiger partial charge in [-0.15, -0.1) is 6.58 Å². The van der Waals surface area contributed by atoms with Crippen LogP contribution < -0.4 is 0 Å². The molecule has 0 aromatic rings. The Kier molecular flexibility index (Phi) is 18.6. The molecule has 0 aromatic heterocycles. The van der Waals surface area contributed by atoms with Crippen molar-refractivity contribution in [2.24, 2.45) is 32.8 Å². The van der Waals surface area contributed by atoms with E-state index in [1.807, 2.05) is 48.9 Å². The highest BCUT2D eigenvalue weighted by Gasteiger charge is 2.56. The minimum atomic E-state index is -2.49. The number of aliphatic hydroxyl groups excluding tert-OH is 2. The Balaban J connectivity index is 1.80. The predicted molar refractivity (Wildman–Crippen MR) is 229 cm³/mol. The van der Waals surface area contributed by atoms with E-state index in [1.54, 1.807) is 28.3 Å². The molecule has 58 heavy (non-hydrogen) atoms. The second-order valence-electron chi connectivity index (χ2n) is 17.4. The molecule has 1 aliphatic carbocycles. The van der Waals surface area contributed by atoms with E-state index < -0.39 is 77.9 Å². The molecular formula is C44H69IN2O11. The fraction of sp³-hybridized carbons (Fsp3) is 0.773. The number of amides is 1. The van der Waals surface area contributed by atoms with Crippen molar-refractivity contribution < 1.29 is 53.4 Å². The van der Waals surface area contributed by atoms with E-state index in [0.717, 1.165) is 16.9 Å². The number of fused-ring (bicyclic) bond motifs is 3. The summed E-state index contributed by atoms with van der Waals surface area (Å²) >= 11 is 1.98. The van der Waals surface area contributed by atoms with Crippen molar-refractivity contribution in [3.8, 4) is 0 Å². The summed E-state index contributed by atoms with van der Waals surface area (Å²) in [7, 11) is 4.69. The average molecular weight is 929 g/mol. The quantitative estimate of drug-likeness (QED) is 0.121. The van der Waals surface area contributed by atoms with Crippen LogP contribution in [0.4, 0.5) is 0 Å². The van der Waals surface area contributed by atoms with Gasteiger partial charge in [0.05, 0.1) is 53.4 Å². The molecule has 1 amide bonds. The molecular weight excluding hydrogens is 859 g/mol. The van der Waals surface area contributed by atoms with Crippen molar-refractivity contribution >= 4 is 46.2 Å². The topological polar surface area (TPSA) is 174 Å². The van der Waals surface area contributed by atoms with Gasteiger partial charge in [-0.2, -0.15) is 0 Å². The van der Waals surface area contributed by atoms with E-state index in [0.29, 0.717) is 51.4 Å². The number of aliphatic hydroxyl groups is 3. The van der Waals surface area contributed by atoms with Gasteiger partial charge < -0.3 is 43.9 Å². The van der Waals surface area contributed by atoms with Gasteiger partial charge in [0.25, 0.3) is 11.7 Å². The molecule has 0 spiro atoms. The zero-order chi connectivity index (χ0) is 42.9. The monoisotopic (exact) mass is 928 g/mol. The molecule has 3 heterocycles. The number of carbonyl (C=O) groups excluding carboxylic acids is 3. The van der Waals surface area contributed by atoms with E-state index in [-0.39, 0.29) is 49.7 Å². The Morgan fingerprint density at radius 1 is 0.983 bits per heavy atom. The number of allylic oxidation sites excluding steroid dienone is 4. The highest BCUT2D eigenvalue weighted by Crippen LogP contribution is 2.39. The third-order valence-electron chi connectivity index (χ3n) is 13.0. The number of piperidine rings is 1. The van der Waals surface area contributed by atoms with Crippen LogP contribution in [0.2, 0.25) is 0 Å². The molecule has 4 aliphatic rings. The number of hydrogen-bond acceptors (Lipinski definition) is 12. The largest absolute Gasteiger partial charge is 0.456 e. The molecule has 14 heteroatoms. The van der Waals surface area contributed by atoms with Gasteiger partial charge in [-0.25, -0.2) is 8.00 Å². The van der Waals surface area contributed by atoms with Crippen LogP contribution in [0.1, 0.15) is 105 Å². The zero-order valence-corrected chi connectivity index (χ0v) is 38.0. The molecule has 0 aromatic carbocycles. The number of ether oxygens (including phenoxy) is 5. The first-order valence-corrected chi connectivity index (χ1v) is 22.0. The minimum absolute atomic E-state index is 0.0309. The summed E-state index contributed by atoms with van der Waals surface area (Å²) in [5, 5.41) is 34.5. The number of hydrogen-bond donors (Lipinski definition) is 3. The van der Waals surface area contributed by atoms with Gasteiger partial charge in [0.1, 0.15) is 18.2 Å². The van der Waals surface area contributed by atoms with Gasteiger partial charge in [0.15, 0.2) is 0 Å². The third-order valence-corrected chi connectivity index (χ3v) is 13.6. The molecule has 14 atom stereocenters. The van der Waals surface area contributed by atoms with E-state index >= 15 is 0 Å². The summed E-state index contributed by atoms with van der Waals surface area (Å²) in [6, 6.07) is -1.10. The van der Waals surface area contributed by atoms with Crippen LogP contribution in [0.15, 0.2) is 39.2 Å².